The van der Waals surface area contributed by atoms with Gasteiger partial charge < -0.3 is 10.2 Å². The molecule has 106 valence electrons. The molecule has 1 aromatic carbocycles. The van der Waals surface area contributed by atoms with E-state index in [1.165, 1.54) is 24.3 Å². The first-order valence-corrected chi connectivity index (χ1v) is 7.47. The van der Waals surface area contributed by atoms with Gasteiger partial charge in [0.15, 0.2) is 0 Å². The largest absolute Gasteiger partial charge is 0.478 e. The number of aromatic carboxylic acids is 1. The van der Waals surface area contributed by atoms with Gasteiger partial charge in [0.25, 0.3) is 0 Å². The van der Waals surface area contributed by atoms with Gasteiger partial charge in [0.1, 0.15) is 0 Å². The summed E-state index contributed by atoms with van der Waals surface area (Å²) < 4.78 is 25.7. The number of aliphatic hydroxyl groups is 1. The molecule has 0 amide bonds. The Morgan fingerprint density at radius 1 is 1.32 bits per heavy atom. The van der Waals surface area contributed by atoms with Crippen LogP contribution in [0.5, 0.6) is 0 Å². The lowest BCUT2D eigenvalue weighted by molar-refractivity contribution is 0.0697. The molecular weight excluding hydrogens is 270 g/mol. The Hall–Kier alpha value is -1.44. The van der Waals surface area contributed by atoms with Crippen LogP contribution >= 0.6 is 0 Å². The van der Waals surface area contributed by atoms with Gasteiger partial charge in [-0.15, -0.1) is 0 Å². The van der Waals surface area contributed by atoms with Crippen LogP contribution in [0, 0.1) is 0 Å². The van der Waals surface area contributed by atoms with Crippen molar-refractivity contribution in [3.63, 3.8) is 0 Å². The maximum Gasteiger partial charge on any atom is 0.335 e. The molecule has 0 bridgehead atoms. The predicted molar refractivity (Wildman–Crippen MR) is 70.3 cm³/mol. The first-order chi connectivity index (χ1) is 8.84. The number of carboxylic acid groups (broad SMARTS) is 1. The maximum atomic E-state index is 11.7. The quantitative estimate of drug-likeness (QED) is 0.680. The molecule has 0 radical (unpaired) electrons. The first-order valence-electron chi connectivity index (χ1n) is 5.81. The molecular formula is C12H17NO5S. The van der Waals surface area contributed by atoms with Crippen LogP contribution in [0.2, 0.25) is 0 Å². The average molecular weight is 287 g/mol. The van der Waals surface area contributed by atoms with Gasteiger partial charge in [0, 0.05) is 6.54 Å². The fourth-order valence-electron chi connectivity index (χ4n) is 1.38. The van der Waals surface area contributed by atoms with Crippen LogP contribution in [0.25, 0.3) is 0 Å². The topological polar surface area (TPSA) is 104 Å². The van der Waals surface area contributed by atoms with Gasteiger partial charge in [-0.05, 0) is 24.1 Å². The Labute approximate surface area is 112 Å². The summed E-state index contributed by atoms with van der Waals surface area (Å²) in [7, 11) is -3.53. The summed E-state index contributed by atoms with van der Waals surface area (Å²) in [6.07, 6.45) is -0.236. The van der Waals surface area contributed by atoms with E-state index in [1.54, 1.807) is 6.92 Å². The van der Waals surface area contributed by atoms with Crippen molar-refractivity contribution in [2.24, 2.45) is 0 Å². The standard InChI is InChI=1S/C12H17NO5S/c1-2-11(14)7-13-19(17,18)8-9-3-5-10(6-4-9)12(15)16/h3-6,11,13-14H,2,7-8H2,1H3,(H,15,16). The second kappa shape index (κ2) is 6.65. The zero-order valence-corrected chi connectivity index (χ0v) is 11.4. The summed E-state index contributed by atoms with van der Waals surface area (Å²) in [6.45, 7) is 1.73. The fourth-order valence-corrected chi connectivity index (χ4v) is 2.56. The minimum absolute atomic E-state index is 0.0218. The number of aliphatic hydroxyl groups excluding tert-OH is 1. The van der Waals surface area contributed by atoms with Crippen LogP contribution in [0.1, 0.15) is 29.3 Å². The molecule has 0 aliphatic carbocycles. The number of carbonyl (C=O) groups is 1. The third kappa shape index (κ3) is 5.37. The molecule has 7 heteroatoms. The lowest BCUT2D eigenvalue weighted by Crippen LogP contribution is -2.32. The van der Waals surface area contributed by atoms with Crippen molar-refractivity contribution in [3.05, 3.63) is 35.4 Å². The Morgan fingerprint density at radius 3 is 2.37 bits per heavy atom. The van der Waals surface area contributed by atoms with E-state index in [0.29, 0.717) is 12.0 Å². The zero-order chi connectivity index (χ0) is 14.5. The number of hydrogen-bond donors (Lipinski definition) is 3. The van der Waals surface area contributed by atoms with E-state index in [1.807, 2.05) is 0 Å². The molecule has 0 heterocycles. The Bertz CT molecular complexity index is 524. The number of carboxylic acids is 1. The third-order valence-electron chi connectivity index (χ3n) is 2.57. The van der Waals surface area contributed by atoms with Crippen molar-refractivity contribution in [2.75, 3.05) is 6.54 Å². The van der Waals surface area contributed by atoms with Crippen molar-refractivity contribution in [2.45, 2.75) is 25.2 Å². The number of benzene rings is 1. The van der Waals surface area contributed by atoms with Gasteiger partial charge >= 0.3 is 5.97 Å². The average Bonchev–Trinajstić information content (AvgIpc) is 2.36. The van der Waals surface area contributed by atoms with E-state index in [-0.39, 0.29) is 17.9 Å². The van der Waals surface area contributed by atoms with Crippen LogP contribution in [-0.2, 0) is 15.8 Å². The molecule has 0 aromatic heterocycles. The monoisotopic (exact) mass is 287 g/mol. The van der Waals surface area contributed by atoms with E-state index >= 15 is 0 Å². The summed E-state index contributed by atoms with van der Waals surface area (Å²) in [5, 5.41) is 18.0. The van der Waals surface area contributed by atoms with Crippen LogP contribution in [-0.4, -0.2) is 37.2 Å². The Balaban J connectivity index is 2.65. The summed E-state index contributed by atoms with van der Waals surface area (Å²) >= 11 is 0. The second-order valence-corrected chi connectivity index (χ2v) is 5.98. The third-order valence-corrected chi connectivity index (χ3v) is 3.89. The molecule has 0 aliphatic rings. The van der Waals surface area contributed by atoms with E-state index in [0.717, 1.165) is 0 Å². The Kier molecular flexibility index (Phi) is 5.46. The van der Waals surface area contributed by atoms with Crippen molar-refractivity contribution in [3.8, 4) is 0 Å². The molecule has 1 rings (SSSR count). The molecule has 0 saturated heterocycles. The van der Waals surface area contributed by atoms with Gasteiger partial charge in [-0.2, -0.15) is 0 Å². The fraction of sp³-hybridized carbons (Fsp3) is 0.417. The highest BCUT2D eigenvalue weighted by Gasteiger charge is 2.13. The van der Waals surface area contributed by atoms with Crippen molar-refractivity contribution >= 4 is 16.0 Å². The molecule has 1 aromatic rings. The molecule has 0 spiro atoms. The lowest BCUT2D eigenvalue weighted by Gasteiger charge is -2.10. The van der Waals surface area contributed by atoms with Crippen LogP contribution in [0.3, 0.4) is 0 Å². The molecule has 19 heavy (non-hydrogen) atoms. The summed E-state index contributed by atoms with van der Waals surface area (Å²) in [5.41, 5.74) is 0.596. The molecule has 0 saturated carbocycles. The van der Waals surface area contributed by atoms with Crippen LogP contribution in [0.15, 0.2) is 24.3 Å². The van der Waals surface area contributed by atoms with Crippen LogP contribution < -0.4 is 4.72 Å². The summed E-state index contributed by atoms with van der Waals surface area (Å²) in [6, 6.07) is 5.63. The number of rotatable bonds is 7. The number of hydrogen-bond acceptors (Lipinski definition) is 4. The molecule has 1 unspecified atom stereocenters. The summed E-state index contributed by atoms with van der Waals surface area (Å²) in [5.74, 6) is -1.30. The molecule has 3 N–H and O–H groups in total. The number of sulfonamides is 1. The van der Waals surface area contributed by atoms with Crippen molar-refractivity contribution in [1.82, 2.24) is 4.72 Å². The second-order valence-electron chi connectivity index (χ2n) is 4.17. The summed E-state index contributed by atoms with van der Waals surface area (Å²) in [4.78, 5) is 10.6. The van der Waals surface area contributed by atoms with Gasteiger partial charge in [-0.3, -0.25) is 0 Å². The van der Waals surface area contributed by atoms with Gasteiger partial charge in [-0.25, -0.2) is 17.9 Å². The highest BCUT2D eigenvalue weighted by Crippen LogP contribution is 2.08. The van der Waals surface area contributed by atoms with Gasteiger partial charge in [-0.1, -0.05) is 19.1 Å². The highest BCUT2D eigenvalue weighted by atomic mass is 32.2. The van der Waals surface area contributed by atoms with E-state index in [4.69, 9.17) is 5.11 Å². The minimum atomic E-state index is -3.53. The predicted octanol–water partition coefficient (Wildman–Crippen LogP) is 0.575. The molecule has 6 nitrogen and oxygen atoms in total. The zero-order valence-electron chi connectivity index (χ0n) is 10.5. The van der Waals surface area contributed by atoms with Crippen molar-refractivity contribution < 1.29 is 23.4 Å². The highest BCUT2D eigenvalue weighted by molar-refractivity contribution is 7.88. The molecule has 1 atom stereocenters. The van der Waals surface area contributed by atoms with Gasteiger partial charge in [0.2, 0.25) is 10.0 Å². The van der Waals surface area contributed by atoms with E-state index in [9.17, 15) is 18.3 Å². The van der Waals surface area contributed by atoms with Crippen molar-refractivity contribution in [1.29, 1.82) is 0 Å². The normalized spacial score (nSPS) is 13.2. The SMILES string of the molecule is CCC(O)CNS(=O)(=O)Cc1ccc(C(=O)O)cc1. The van der Waals surface area contributed by atoms with Crippen LogP contribution in [0.4, 0.5) is 0 Å². The molecule has 0 aliphatic heterocycles. The smallest absolute Gasteiger partial charge is 0.335 e. The lowest BCUT2D eigenvalue weighted by atomic mass is 10.1. The number of nitrogens with one attached hydrogen (secondary N) is 1. The minimum Gasteiger partial charge on any atom is -0.478 e. The van der Waals surface area contributed by atoms with Gasteiger partial charge in [0.05, 0.1) is 17.4 Å². The molecule has 0 fully saturated rings. The van der Waals surface area contributed by atoms with E-state index in [2.05, 4.69) is 4.72 Å². The maximum absolute atomic E-state index is 11.7. The van der Waals surface area contributed by atoms with E-state index < -0.39 is 22.1 Å². The first kappa shape index (κ1) is 15.6. The Morgan fingerprint density at radius 2 is 1.89 bits per heavy atom.